The Labute approximate surface area is 170 Å². The number of hydrogen-bond donors (Lipinski definition) is 1. The van der Waals surface area contributed by atoms with E-state index >= 15 is 0 Å². The van der Waals surface area contributed by atoms with E-state index in [9.17, 15) is 23.2 Å². The first kappa shape index (κ1) is 19.7. The fourth-order valence-electron chi connectivity index (χ4n) is 4.08. The number of ketones is 1. The number of benzene rings is 1. The first-order chi connectivity index (χ1) is 14.3. The van der Waals surface area contributed by atoms with Gasteiger partial charge in [-0.15, -0.1) is 0 Å². The highest BCUT2D eigenvalue weighted by atomic mass is 19.4. The molecule has 2 N–H and O–H groups in total. The van der Waals surface area contributed by atoms with Gasteiger partial charge in [-0.05, 0) is 42.7 Å². The van der Waals surface area contributed by atoms with E-state index in [0.717, 1.165) is 12.1 Å². The van der Waals surface area contributed by atoms with Crippen molar-refractivity contribution in [1.82, 2.24) is 4.98 Å². The number of anilines is 1. The minimum Gasteiger partial charge on any atom is -0.384 e. The number of carbonyl (C=O) groups excluding carboxylic acids is 1. The quantitative estimate of drug-likeness (QED) is 0.793. The zero-order valence-corrected chi connectivity index (χ0v) is 15.8. The topological polar surface area (TPSA) is 83.0 Å². The van der Waals surface area contributed by atoms with Crippen molar-refractivity contribution in [2.24, 2.45) is 5.73 Å². The molecule has 0 amide bonds. The zero-order chi connectivity index (χ0) is 21.5. The predicted molar refractivity (Wildman–Crippen MR) is 104 cm³/mol. The van der Waals surface area contributed by atoms with E-state index in [1.807, 2.05) is 0 Å². The molecule has 0 fully saturated rings. The van der Waals surface area contributed by atoms with Crippen LogP contribution in [0.3, 0.4) is 0 Å². The summed E-state index contributed by atoms with van der Waals surface area (Å²) < 4.78 is 39.8. The summed E-state index contributed by atoms with van der Waals surface area (Å²) in [5.74, 6) is -0.796. The predicted octanol–water partition coefficient (Wildman–Crippen LogP) is 4.41. The maximum absolute atomic E-state index is 13.3. The Bertz CT molecular complexity index is 1110. The molecule has 1 aliphatic carbocycles. The summed E-state index contributed by atoms with van der Waals surface area (Å²) in [4.78, 5) is 18.4. The normalized spacial score (nSPS) is 19.6. The summed E-state index contributed by atoms with van der Waals surface area (Å²) in [5.41, 5.74) is 7.38. The van der Waals surface area contributed by atoms with Crippen molar-refractivity contribution in [3.05, 3.63) is 82.6 Å². The Hall–Kier alpha value is -3.60. The van der Waals surface area contributed by atoms with E-state index in [1.54, 1.807) is 24.5 Å². The summed E-state index contributed by atoms with van der Waals surface area (Å²) in [7, 11) is 0. The molecule has 30 heavy (non-hydrogen) atoms. The van der Waals surface area contributed by atoms with Gasteiger partial charge in [-0.25, -0.2) is 0 Å². The second-order valence-corrected chi connectivity index (χ2v) is 7.15. The fourth-order valence-corrected chi connectivity index (χ4v) is 4.08. The summed E-state index contributed by atoms with van der Waals surface area (Å²) in [6.07, 6.45) is -0.0412. The number of alkyl halides is 3. The molecular weight excluding hydrogens is 393 g/mol. The highest BCUT2D eigenvalue weighted by Gasteiger charge is 2.41. The van der Waals surface area contributed by atoms with Crippen LogP contribution in [0.4, 0.5) is 18.9 Å². The molecule has 0 radical (unpaired) electrons. The Morgan fingerprint density at radius 3 is 2.67 bits per heavy atom. The number of pyridine rings is 1. The Morgan fingerprint density at radius 1 is 1.20 bits per heavy atom. The molecule has 0 saturated heterocycles. The van der Waals surface area contributed by atoms with E-state index in [2.05, 4.69) is 11.1 Å². The lowest BCUT2D eigenvalue weighted by Gasteiger charge is -2.39. The Balaban J connectivity index is 1.95. The van der Waals surface area contributed by atoms with Gasteiger partial charge in [-0.2, -0.15) is 18.4 Å². The minimum atomic E-state index is -4.53. The number of hydrogen-bond acceptors (Lipinski definition) is 5. The highest BCUT2D eigenvalue weighted by molar-refractivity contribution is 6.01. The number of halogens is 3. The molecule has 2 aromatic rings. The van der Waals surface area contributed by atoms with Crippen LogP contribution in [0.2, 0.25) is 0 Å². The van der Waals surface area contributed by atoms with Crippen molar-refractivity contribution in [3.63, 3.8) is 0 Å². The van der Waals surface area contributed by atoms with Crippen LogP contribution in [-0.4, -0.2) is 10.8 Å². The molecule has 152 valence electrons. The van der Waals surface area contributed by atoms with E-state index in [1.165, 1.54) is 17.0 Å². The van der Waals surface area contributed by atoms with Crippen LogP contribution in [-0.2, 0) is 11.0 Å². The second-order valence-electron chi connectivity index (χ2n) is 7.15. The molecule has 0 saturated carbocycles. The highest BCUT2D eigenvalue weighted by Crippen LogP contribution is 2.46. The largest absolute Gasteiger partial charge is 0.416 e. The molecule has 1 atom stereocenters. The lowest BCUT2D eigenvalue weighted by molar-refractivity contribution is -0.137. The van der Waals surface area contributed by atoms with E-state index in [4.69, 9.17) is 5.73 Å². The number of carbonyl (C=O) groups is 1. The van der Waals surface area contributed by atoms with Gasteiger partial charge < -0.3 is 5.73 Å². The molecule has 1 aliphatic heterocycles. The number of allylic oxidation sites excluding steroid dienone is 3. The summed E-state index contributed by atoms with van der Waals surface area (Å²) in [5, 5.41) is 9.87. The van der Waals surface area contributed by atoms with Gasteiger partial charge in [0.25, 0.3) is 0 Å². The Morgan fingerprint density at radius 2 is 2.00 bits per heavy atom. The van der Waals surface area contributed by atoms with Crippen LogP contribution in [0.5, 0.6) is 0 Å². The van der Waals surface area contributed by atoms with Crippen LogP contribution in [0.15, 0.2) is 71.5 Å². The molecule has 0 unspecified atom stereocenters. The second kappa shape index (κ2) is 7.34. The fraction of sp³-hybridized carbons (Fsp3) is 0.227. The van der Waals surface area contributed by atoms with Gasteiger partial charge in [0.1, 0.15) is 5.82 Å². The SMILES string of the molecule is N#CC1=C(N)N(c2cccc(C(F)(F)F)c2)C2=C(C(=O)CCC2)[C@@H]1c1cccnc1. The first-order valence-corrected chi connectivity index (χ1v) is 9.36. The lowest BCUT2D eigenvalue weighted by atomic mass is 9.76. The van der Waals surface area contributed by atoms with Gasteiger partial charge in [-0.3, -0.25) is 14.7 Å². The summed E-state index contributed by atoms with van der Waals surface area (Å²) >= 11 is 0. The molecule has 1 aromatic carbocycles. The molecule has 4 rings (SSSR count). The van der Waals surface area contributed by atoms with Gasteiger partial charge >= 0.3 is 6.18 Å². The lowest BCUT2D eigenvalue weighted by Crippen LogP contribution is -2.38. The summed E-state index contributed by atoms with van der Waals surface area (Å²) in [6, 6.07) is 10.3. The molecule has 5 nitrogen and oxygen atoms in total. The molecule has 1 aromatic heterocycles. The molecule has 0 bridgehead atoms. The number of aromatic nitrogens is 1. The molecule has 2 heterocycles. The molecular formula is C22H17F3N4O. The number of nitriles is 1. The van der Waals surface area contributed by atoms with Gasteiger partial charge in [0.15, 0.2) is 5.78 Å². The van der Waals surface area contributed by atoms with Crippen LogP contribution in [0.1, 0.15) is 36.3 Å². The van der Waals surface area contributed by atoms with Gasteiger partial charge in [0.05, 0.1) is 23.1 Å². The third kappa shape index (κ3) is 3.22. The van der Waals surface area contributed by atoms with Crippen molar-refractivity contribution >= 4 is 11.5 Å². The number of nitrogens with two attached hydrogens (primary N) is 1. The van der Waals surface area contributed by atoms with Crippen molar-refractivity contribution in [3.8, 4) is 6.07 Å². The van der Waals surface area contributed by atoms with Crippen LogP contribution < -0.4 is 10.6 Å². The van der Waals surface area contributed by atoms with Crippen LogP contribution in [0, 0.1) is 11.3 Å². The van der Waals surface area contributed by atoms with Crippen LogP contribution in [0.25, 0.3) is 0 Å². The van der Waals surface area contributed by atoms with Crippen molar-refractivity contribution < 1.29 is 18.0 Å². The zero-order valence-electron chi connectivity index (χ0n) is 15.8. The van der Waals surface area contributed by atoms with Gasteiger partial charge in [0.2, 0.25) is 0 Å². The number of Topliss-reactive ketones (excluding diaryl/α,β-unsaturated/α-hetero) is 1. The van der Waals surface area contributed by atoms with Gasteiger partial charge in [0, 0.05) is 35.8 Å². The number of rotatable bonds is 2. The van der Waals surface area contributed by atoms with E-state index < -0.39 is 17.7 Å². The monoisotopic (exact) mass is 410 g/mol. The van der Waals surface area contributed by atoms with Crippen molar-refractivity contribution in [2.45, 2.75) is 31.4 Å². The van der Waals surface area contributed by atoms with Crippen molar-refractivity contribution in [2.75, 3.05) is 4.90 Å². The van der Waals surface area contributed by atoms with Gasteiger partial charge in [-0.1, -0.05) is 12.1 Å². The van der Waals surface area contributed by atoms with E-state index in [-0.39, 0.29) is 22.9 Å². The smallest absolute Gasteiger partial charge is 0.384 e. The molecule has 0 spiro atoms. The molecule has 2 aliphatic rings. The van der Waals surface area contributed by atoms with Crippen LogP contribution >= 0.6 is 0 Å². The maximum Gasteiger partial charge on any atom is 0.416 e. The minimum absolute atomic E-state index is 0.0270. The first-order valence-electron chi connectivity index (χ1n) is 9.36. The average molecular weight is 410 g/mol. The third-order valence-electron chi connectivity index (χ3n) is 5.36. The maximum atomic E-state index is 13.3. The van der Waals surface area contributed by atoms with Crippen molar-refractivity contribution in [1.29, 1.82) is 5.26 Å². The summed E-state index contributed by atoms with van der Waals surface area (Å²) in [6.45, 7) is 0. The average Bonchev–Trinajstić information content (AvgIpc) is 2.73. The van der Waals surface area contributed by atoms with E-state index in [0.29, 0.717) is 36.1 Å². The third-order valence-corrected chi connectivity index (χ3v) is 5.36. The number of nitrogens with zero attached hydrogens (tertiary/aromatic N) is 3. The Kier molecular flexibility index (Phi) is 4.82. The molecule has 8 heteroatoms. The standard InChI is InChI=1S/C22H17F3N4O/c23-22(24,25)14-5-1-6-15(10-14)29-17-7-2-8-18(30)20(17)19(16(11-26)21(29)27)13-4-3-9-28-12-13/h1,3-6,9-10,12,19H,2,7-8,27H2/t19-/m1/s1.